The van der Waals surface area contributed by atoms with E-state index >= 15 is 0 Å². The standard InChI is InChI=1S/C11H17F3N4/c1-4-10(3,5-2)18-8-6-7(11(12,13)14)16-9(15)17-8/h6H,4-5H2,1-3H3,(H3,15,16,17,18). The van der Waals surface area contributed by atoms with Gasteiger partial charge in [0.05, 0.1) is 0 Å². The van der Waals surface area contributed by atoms with Crippen LogP contribution in [0.1, 0.15) is 39.3 Å². The van der Waals surface area contributed by atoms with Crippen LogP contribution in [0, 0.1) is 0 Å². The van der Waals surface area contributed by atoms with Crippen molar-refractivity contribution < 1.29 is 13.2 Å². The van der Waals surface area contributed by atoms with Crippen LogP contribution in [0.2, 0.25) is 0 Å². The highest BCUT2D eigenvalue weighted by atomic mass is 19.4. The summed E-state index contributed by atoms with van der Waals surface area (Å²) in [6.45, 7) is 5.82. The summed E-state index contributed by atoms with van der Waals surface area (Å²) in [6.07, 6.45) is -3.01. The number of rotatable bonds is 4. The van der Waals surface area contributed by atoms with Crippen molar-refractivity contribution in [2.75, 3.05) is 11.1 Å². The van der Waals surface area contributed by atoms with Gasteiger partial charge < -0.3 is 11.1 Å². The fraction of sp³-hybridized carbons (Fsp3) is 0.636. The molecule has 0 saturated heterocycles. The molecule has 3 N–H and O–H groups in total. The number of nitrogens with zero attached hydrogens (tertiary/aromatic N) is 2. The number of hydrogen-bond acceptors (Lipinski definition) is 4. The highest BCUT2D eigenvalue weighted by Gasteiger charge is 2.34. The van der Waals surface area contributed by atoms with E-state index in [1.54, 1.807) is 0 Å². The van der Waals surface area contributed by atoms with Gasteiger partial charge in [-0.05, 0) is 19.8 Å². The van der Waals surface area contributed by atoms with Gasteiger partial charge in [0.25, 0.3) is 0 Å². The van der Waals surface area contributed by atoms with Gasteiger partial charge in [0.15, 0.2) is 5.69 Å². The van der Waals surface area contributed by atoms with Gasteiger partial charge in [-0.25, -0.2) is 4.98 Å². The molecule has 1 heterocycles. The maximum atomic E-state index is 12.6. The molecule has 0 radical (unpaired) electrons. The molecular formula is C11H17F3N4. The van der Waals surface area contributed by atoms with Gasteiger partial charge in [-0.3, -0.25) is 0 Å². The predicted molar refractivity (Wildman–Crippen MR) is 64.1 cm³/mol. The lowest BCUT2D eigenvalue weighted by Gasteiger charge is -2.29. The molecule has 0 aliphatic heterocycles. The lowest BCUT2D eigenvalue weighted by Crippen LogP contribution is -2.33. The summed E-state index contributed by atoms with van der Waals surface area (Å²) in [6, 6.07) is 0.875. The van der Waals surface area contributed by atoms with Gasteiger partial charge in [-0.15, -0.1) is 0 Å². The van der Waals surface area contributed by atoms with E-state index in [-0.39, 0.29) is 17.3 Å². The second kappa shape index (κ2) is 4.99. The molecule has 0 spiro atoms. The quantitative estimate of drug-likeness (QED) is 0.875. The van der Waals surface area contributed by atoms with Crippen LogP contribution >= 0.6 is 0 Å². The smallest absolute Gasteiger partial charge is 0.368 e. The van der Waals surface area contributed by atoms with Crippen molar-refractivity contribution in [3.8, 4) is 0 Å². The van der Waals surface area contributed by atoms with Crippen LogP contribution in [0.4, 0.5) is 24.9 Å². The zero-order valence-corrected chi connectivity index (χ0v) is 10.6. The van der Waals surface area contributed by atoms with E-state index in [1.807, 2.05) is 20.8 Å². The zero-order chi connectivity index (χ0) is 14.0. The topological polar surface area (TPSA) is 63.8 Å². The summed E-state index contributed by atoms with van der Waals surface area (Å²) in [5.41, 5.74) is 3.94. The van der Waals surface area contributed by atoms with Crippen LogP contribution < -0.4 is 11.1 Å². The molecule has 1 rings (SSSR count). The van der Waals surface area contributed by atoms with Gasteiger partial charge in [0.2, 0.25) is 5.95 Å². The van der Waals surface area contributed by atoms with Gasteiger partial charge in [0.1, 0.15) is 5.82 Å². The van der Waals surface area contributed by atoms with Crippen LogP contribution in [-0.4, -0.2) is 15.5 Å². The Hall–Kier alpha value is -1.53. The average Bonchev–Trinajstić information content (AvgIpc) is 2.27. The van der Waals surface area contributed by atoms with Crippen molar-refractivity contribution in [2.24, 2.45) is 0 Å². The average molecular weight is 262 g/mol. The van der Waals surface area contributed by atoms with Crippen molar-refractivity contribution >= 4 is 11.8 Å². The zero-order valence-electron chi connectivity index (χ0n) is 10.6. The van der Waals surface area contributed by atoms with E-state index in [4.69, 9.17) is 5.73 Å². The van der Waals surface area contributed by atoms with Crippen LogP contribution in [-0.2, 0) is 6.18 Å². The molecule has 0 amide bonds. The van der Waals surface area contributed by atoms with E-state index in [0.717, 1.165) is 18.9 Å². The predicted octanol–water partition coefficient (Wildman–Crippen LogP) is 3.07. The minimum Gasteiger partial charge on any atom is -0.368 e. The molecule has 0 saturated carbocycles. The Morgan fingerprint density at radius 3 is 2.22 bits per heavy atom. The number of halogens is 3. The fourth-order valence-electron chi connectivity index (χ4n) is 1.41. The third-order valence-electron chi connectivity index (χ3n) is 3.02. The highest BCUT2D eigenvalue weighted by molar-refractivity contribution is 5.43. The Morgan fingerprint density at radius 1 is 1.22 bits per heavy atom. The Labute approximate surface area is 104 Å². The maximum Gasteiger partial charge on any atom is 0.433 e. The first-order valence-corrected chi connectivity index (χ1v) is 5.70. The largest absolute Gasteiger partial charge is 0.433 e. The Bertz CT molecular complexity index is 413. The molecular weight excluding hydrogens is 245 g/mol. The first-order chi connectivity index (χ1) is 8.20. The summed E-state index contributed by atoms with van der Waals surface area (Å²) in [5.74, 6) is -0.289. The number of hydrogen-bond donors (Lipinski definition) is 2. The lowest BCUT2D eigenvalue weighted by atomic mass is 9.95. The molecule has 7 heteroatoms. The molecule has 4 nitrogen and oxygen atoms in total. The first kappa shape index (κ1) is 14.5. The third kappa shape index (κ3) is 3.48. The molecule has 0 bridgehead atoms. The second-order valence-corrected chi connectivity index (χ2v) is 4.39. The molecule has 0 aromatic carbocycles. The summed E-state index contributed by atoms with van der Waals surface area (Å²) < 4.78 is 37.7. The molecule has 0 aliphatic carbocycles. The van der Waals surface area contributed by atoms with Crippen LogP contribution in [0.5, 0.6) is 0 Å². The van der Waals surface area contributed by atoms with Crippen molar-refractivity contribution in [2.45, 2.75) is 45.3 Å². The Balaban J connectivity index is 3.08. The van der Waals surface area contributed by atoms with Crippen molar-refractivity contribution in [3.63, 3.8) is 0 Å². The number of nitrogen functional groups attached to an aromatic ring is 1. The first-order valence-electron chi connectivity index (χ1n) is 5.70. The molecule has 0 aliphatic rings. The SMILES string of the molecule is CCC(C)(CC)Nc1cc(C(F)(F)F)nc(N)n1. The Kier molecular flexibility index (Phi) is 4.03. The van der Waals surface area contributed by atoms with Gasteiger partial charge in [-0.2, -0.15) is 18.2 Å². The molecule has 1 aromatic rings. The van der Waals surface area contributed by atoms with Crippen molar-refractivity contribution in [1.82, 2.24) is 9.97 Å². The monoisotopic (exact) mass is 262 g/mol. The minimum absolute atomic E-state index is 0.0982. The maximum absolute atomic E-state index is 12.6. The van der Waals surface area contributed by atoms with Crippen molar-refractivity contribution in [3.05, 3.63) is 11.8 Å². The third-order valence-corrected chi connectivity index (χ3v) is 3.02. The number of alkyl halides is 3. The normalized spacial score (nSPS) is 12.6. The fourth-order valence-corrected chi connectivity index (χ4v) is 1.41. The van der Waals surface area contributed by atoms with E-state index in [2.05, 4.69) is 15.3 Å². The molecule has 0 atom stereocenters. The van der Waals surface area contributed by atoms with E-state index in [0.29, 0.717) is 0 Å². The molecule has 1 aromatic heterocycles. The van der Waals surface area contributed by atoms with Crippen LogP contribution in [0.25, 0.3) is 0 Å². The number of nitrogens with one attached hydrogen (secondary N) is 1. The number of aromatic nitrogens is 2. The highest BCUT2D eigenvalue weighted by Crippen LogP contribution is 2.30. The second-order valence-electron chi connectivity index (χ2n) is 4.39. The van der Waals surface area contributed by atoms with Gasteiger partial charge >= 0.3 is 6.18 Å². The van der Waals surface area contributed by atoms with Gasteiger partial charge in [0, 0.05) is 11.6 Å². The van der Waals surface area contributed by atoms with E-state index in [1.165, 1.54) is 0 Å². The molecule has 0 unspecified atom stereocenters. The summed E-state index contributed by atoms with van der Waals surface area (Å²) in [5, 5.41) is 2.98. The van der Waals surface area contributed by atoms with Crippen LogP contribution in [0.15, 0.2) is 6.07 Å². The molecule has 18 heavy (non-hydrogen) atoms. The summed E-state index contributed by atoms with van der Waals surface area (Å²) in [4.78, 5) is 6.97. The number of anilines is 2. The summed E-state index contributed by atoms with van der Waals surface area (Å²) >= 11 is 0. The Morgan fingerprint density at radius 2 is 1.78 bits per heavy atom. The van der Waals surface area contributed by atoms with Gasteiger partial charge in [-0.1, -0.05) is 13.8 Å². The summed E-state index contributed by atoms with van der Waals surface area (Å²) in [7, 11) is 0. The van der Waals surface area contributed by atoms with E-state index < -0.39 is 11.9 Å². The molecule has 102 valence electrons. The minimum atomic E-state index is -4.53. The van der Waals surface area contributed by atoms with Crippen molar-refractivity contribution in [1.29, 1.82) is 0 Å². The molecule has 0 fully saturated rings. The lowest BCUT2D eigenvalue weighted by molar-refractivity contribution is -0.141. The van der Waals surface area contributed by atoms with E-state index in [9.17, 15) is 13.2 Å². The number of nitrogens with two attached hydrogens (primary N) is 1. The van der Waals surface area contributed by atoms with Crippen LogP contribution in [0.3, 0.4) is 0 Å².